The van der Waals surface area contributed by atoms with E-state index in [0.29, 0.717) is 0 Å². The third kappa shape index (κ3) is 2.82. The molecule has 5 nitrogen and oxygen atoms in total. The van der Waals surface area contributed by atoms with Crippen molar-refractivity contribution < 1.29 is 22.7 Å². The van der Waals surface area contributed by atoms with E-state index in [9.17, 15) is 18.0 Å². The number of ether oxygens (including phenoxy) is 1. The maximum atomic E-state index is 13.2. The molecule has 24 heavy (non-hydrogen) atoms. The van der Waals surface area contributed by atoms with Gasteiger partial charge in [-0.05, 0) is 19.1 Å². The minimum absolute atomic E-state index is 0.0387. The molecular weight excluding hydrogens is 323 g/mol. The van der Waals surface area contributed by atoms with Gasteiger partial charge in [0.25, 0.3) is 0 Å². The second kappa shape index (κ2) is 5.95. The summed E-state index contributed by atoms with van der Waals surface area (Å²) in [7, 11) is 0. The lowest BCUT2D eigenvalue weighted by atomic mass is 10.0. The fourth-order valence-corrected chi connectivity index (χ4v) is 2.32. The van der Waals surface area contributed by atoms with Gasteiger partial charge in [0.05, 0.1) is 17.9 Å². The molecular formula is C16H12F3N3O2. The summed E-state index contributed by atoms with van der Waals surface area (Å²) in [6.45, 7) is 1.81. The van der Waals surface area contributed by atoms with Crippen molar-refractivity contribution in [1.82, 2.24) is 14.4 Å². The molecule has 3 rings (SSSR count). The summed E-state index contributed by atoms with van der Waals surface area (Å²) in [5.74, 6) is -0.672. The van der Waals surface area contributed by atoms with Gasteiger partial charge in [-0.3, -0.25) is 4.40 Å². The molecule has 0 aliphatic rings. The smallest absolute Gasteiger partial charge is 0.417 e. The lowest BCUT2D eigenvalue weighted by Gasteiger charge is -2.12. The molecule has 0 bridgehead atoms. The van der Waals surface area contributed by atoms with E-state index in [1.54, 1.807) is 6.92 Å². The van der Waals surface area contributed by atoms with Crippen molar-refractivity contribution in [3.05, 3.63) is 54.1 Å². The first kappa shape index (κ1) is 16.0. The summed E-state index contributed by atoms with van der Waals surface area (Å²) in [5.41, 5.74) is -0.657. The lowest BCUT2D eigenvalue weighted by molar-refractivity contribution is -0.137. The van der Waals surface area contributed by atoms with Gasteiger partial charge in [-0.1, -0.05) is 18.2 Å². The van der Waals surface area contributed by atoms with Crippen LogP contribution in [0.3, 0.4) is 0 Å². The van der Waals surface area contributed by atoms with Crippen LogP contribution in [0.4, 0.5) is 13.2 Å². The van der Waals surface area contributed by atoms with Gasteiger partial charge in [0.2, 0.25) is 0 Å². The molecule has 2 aromatic heterocycles. The lowest BCUT2D eigenvalue weighted by Crippen LogP contribution is -2.08. The van der Waals surface area contributed by atoms with Crippen molar-refractivity contribution in [3.63, 3.8) is 0 Å². The molecule has 3 aromatic rings. The van der Waals surface area contributed by atoms with Crippen LogP contribution in [0.2, 0.25) is 0 Å². The fourth-order valence-electron chi connectivity index (χ4n) is 2.32. The van der Waals surface area contributed by atoms with Crippen LogP contribution in [0.5, 0.6) is 0 Å². The molecule has 124 valence electrons. The molecule has 0 atom stereocenters. The van der Waals surface area contributed by atoms with Crippen LogP contribution in [0, 0.1) is 0 Å². The van der Waals surface area contributed by atoms with E-state index >= 15 is 0 Å². The molecule has 0 saturated heterocycles. The molecule has 0 radical (unpaired) electrons. The Morgan fingerprint density at radius 3 is 2.71 bits per heavy atom. The molecule has 0 N–H and O–H groups in total. The summed E-state index contributed by atoms with van der Waals surface area (Å²) < 4.78 is 45.9. The number of carbonyl (C=O) groups excluding carboxylic acids is 1. The Balaban J connectivity index is 2.16. The number of rotatable bonds is 3. The average molecular weight is 335 g/mol. The molecule has 0 aliphatic carbocycles. The van der Waals surface area contributed by atoms with E-state index in [1.165, 1.54) is 41.2 Å². The van der Waals surface area contributed by atoms with E-state index < -0.39 is 17.7 Å². The first-order valence-corrected chi connectivity index (χ1v) is 7.09. The van der Waals surface area contributed by atoms with E-state index in [1.807, 2.05) is 0 Å². The first-order chi connectivity index (χ1) is 11.4. The second-order valence-corrected chi connectivity index (χ2v) is 4.90. The highest BCUT2D eigenvalue weighted by Crippen LogP contribution is 2.36. The Hall–Kier alpha value is -2.90. The van der Waals surface area contributed by atoms with Gasteiger partial charge in [0.15, 0.2) is 11.3 Å². The number of aromatic nitrogens is 3. The third-order valence-corrected chi connectivity index (χ3v) is 3.36. The molecule has 0 aliphatic heterocycles. The Bertz CT molecular complexity index is 903. The van der Waals surface area contributed by atoms with E-state index in [0.717, 1.165) is 6.07 Å². The Morgan fingerprint density at radius 1 is 1.25 bits per heavy atom. The molecule has 0 unspecified atom stereocenters. The number of halogens is 3. The van der Waals surface area contributed by atoms with E-state index in [4.69, 9.17) is 4.74 Å². The highest BCUT2D eigenvalue weighted by molar-refractivity contribution is 5.94. The number of fused-ring (bicyclic) bond motifs is 1. The van der Waals surface area contributed by atoms with Crippen LogP contribution in [-0.2, 0) is 10.9 Å². The van der Waals surface area contributed by atoms with Gasteiger partial charge >= 0.3 is 12.1 Å². The fraction of sp³-hybridized carbons (Fsp3) is 0.188. The van der Waals surface area contributed by atoms with Gasteiger partial charge in [-0.2, -0.15) is 13.2 Å². The monoisotopic (exact) mass is 335 g/mol. The predicted octanol–water partition coefficient (Wildman–Crippen LogP) is 3.59. The maximum Gasteiger partial charge on any atom is 0.417 e. The van der Waals surface area contributed by atoms with Gasteiger partial charge in [0, 0.05) is 11.8 Å². The molecule has 0 spiro atoms. The number of hydrogen-bond acceptors (Lipinski definition) is 4. The molecule has 2 heterocycles. The van der Waals surface area contributed by atoms with Crippen LogP contribution < -0.4 is 0 Å². The number of esters is 1. The summed E-state index contributed by atoms with van der Waals surface area (Å²) >= 11 is 0. The average Bonchev–Trinajstić information content (AvgIpc) is 2.97. The van der Waals surface area contributed by atoms with Crippen molar-refractivity contribution in [2.24, 2.45) is 0 Å². The van der Waals surface area contributed by atoms with Gasteiger partial charge in [-0.15, -0.1) is 0 Å². The Morgan fingerprint density at radius 2 is 2.00 bits per heavy atom. The number of alkyl halides is 3. The quantitative estimate of drug-likeness (QED) is 0.687. The third-order valence-electron chi connectivity index (χ3n) is 3.36. The van der Waals surface area contributed by atoms with Crippen molar-refractivity contribution in [1.29, 1.82) is 0 Å². The summed E-state index contributed by atoms with van der Waals surface area (Å²) in [6.07, 6.45) is -1.65. The van der Waals surface area contributed by atoms with Crippen molar-refractivity contribution in [2.75, 3.05) is 6.61 Å². The molecule has 0 saturated carbocycles. The van der Waals surface area contributed by atoms with Crippen LogP contribution in [0.25, 0.3) is 16.9 Å². The van der Waals surface area contributed by atoms with Crippen molar-refractivity contribution >= 4 is 11.6 Å². The SMILES string of the molecule is CCOC(=O)c1ncn2ccc(-c3ccccc3C(F)(F)F)nc12. The van der Waals surface area contributed by atoms with Crippen LogP contribution in [-0.4, -0.2) is 26.9 Å². The summed E-state index contributed by atoms with van der Waals surface area (Å²) in [4.78, 5) is 20.0. The van der Waals surface area contributed by atoms with Crippen LogP contribution >= 0.6 is 0 Å². The van der Waals surface area contributed by atoms with Gasteiger partial charge < -0.3 is 4.74 Å². The minimum atomic E-state index is -4.51. The highest BCUT2D eigenvalue weighted by atomic mass is 19.4. The highest BCUT2D eigenvalue weighted by Gasteiger charge is 2.33. The van der Waals surface area contributed by atoms with E-state index in [-0.39, 0.29) is 29.2 Å². The number of imidazole rings is 1. The zero-order valence-electron chi connectivity index (χ0n) is 12.5. The molecule has 1 aromatic carbocycles. The molecule has 0 amide bonds. The zero-order chi connectivity index (χ0) is 17.3. The summed E-state index contributed by atoms with van der Waals surface area (Å²) in [5, 5.41) is 0. The maximum absolute atomic E-state index is 13.2. The zero-order valence-corrected chi connectivity index (χ0v) is 12.5. The van der Waals surface area contributed by atoms with E-state index in [2.05, 4.69) is 9.97 Å². The minimum Gasteiger partial charge on any atom is -0.461 e. The standard InChI is InChI=1S/C16H12F3N3O2/c1-2-24-15(23)13-14-21-12(7-8-22(14)9-20-13)10-5-3-4-6-11(10)16(17,18)19/h3-9H,2H2,1H3. The molecule has 0 fully saturated rings. The first-order valence-electron chi connectivity index (χ1n) is 7.09. The Labute approximate surface area is 134 Å². The normalized spacial score (nSPS) is 11.7. The van der Waals surface area contributed by atoms with Crippen LogP contribution in [0.15, 0.2) is 42.9 Å². The second-order valence-electron chi connectivity index (χ2n) is 4.90. The topological polar surface area (TPSA) is 56.5 Å². The van der Waals surface area contributed by atoms with Gasteiger partial charge in [0.1, 0.15) is 6.33 Å². The molecule has 8 heteroatoms. The largest absolute Gasteiger partial charge is 0.461 e. The number of carbonyl (C=O) groups is 1. The predicted molar refractivity (Wildman–Crippen MR) is 79.4 cm³/mol. The number of benzene rings is 1. The van der Waals surface area contributed by atoms with Crippen LogP contribution in [0.1, 0.15) is 23.0 Å². The Kier molecular flexibility index (Phi) is 3.96. The van der Waals surface area contributed by atoms with Crippen molar-refractivity contribution in [2.45, 2.75) is 13.1 Å². The summed E-state index contributed by atoms with van der Waals surface area (Å²) in [6, 6.07) is 6.58. The van der Waals surface area contributed by atoms with Crippen molar-refractivity contribution in [3.8, 4) is 11.3 Å². The van der Waals surface area contributed by atoms with Gasteiger partial charge in [-0.25, -0.2) is 14.8 Å². The number of hydrogen-bond donors (Lipinski definition) is 0. The number of nitrogens with zero attached hydrogens (tertiary/aromatic N) is 3.